The molecular formula is C20H23ClN4O2. The number of piperidine rings is 1. The van der Waals surface area contributed by atoms with E-state index in [1.165, 1.54) is 24.9 Å². The first kappa shape index (κ1) is 19.0. The summed E-state index contributed by atoms with van der Waals surface area (Å²) in [6.45, 7) is 2.05. The van der Waals surface area contributed by atoms with Crippen LogP contribution < -0.4 is 20.9 Å². The second-order valence-corrected chi connectivity index (χ2v) is 6.89. The third-order valence-corrected chi connectivity index (χ3v) is 4.64. The number of halogens is 1. The Morgan fingerprint density at radius 1 is 0.852 bits per heavy atom. The van der Waals surface area contributed by atoms with Gasteiger partial charge < -0.3 is 20.9 Å². The van der Waals surface area contributed by atoms with Crippen molar-refractivity contribution in [3.8, 4) is 0 Å². The van der Waals surface area contributed by atoms with Gasteiger partial charge in [-0.25, -0.2) is 4.79 Å². The van der Waals surface area contributed by atoms with Gasteiger partial charge in [0, 0.05) is 35.2 Å². The average Bonchev–Trinajstić information content (AvgIpc) is 2.69. The zero-order valence-corrected chi connectivity index (χ0v) is 15.8. The number of rotatable bonds is 5. The van der Waals surface area contributed by atoms with Crippen LogP contribution in [0.1, 0.15) is 19.3 Å². The molecule has 0 spiro atoms. The predicted octanol–water partition coefficient (Wildman–Crippen LogP) is 4.09. The van der Waals surface area contributed by atoms with Gasteiger partial charge in [-0.2, -0.15) is 0 Å². The summed E-state index contributed by atoms with van der Waals surface area (Å²) in [5.41, 5.74) is 2.49. The number of hydrogen-bond donors (Lipinski definition) is 3. The van der Waals surface area contributed by atoms with E-state index in [-0.39, 0.29) is 12.5 Å². The molecule has 0 aliphatic carbocycles. The zero-order chi connectivity index (χ0) is 19.1. The van der Waals surface area contributed by atoms with Crippen molar-refractivity contribution in [3.63, 3.8) is 0 Å². The molecule has 0 radical (unpaired) electrons. The van der Waals surface area contributed by atoms with Crippen LogP contribution in [-0.4, -0.2) is 31.6 Å². The molecule has 1 fully saturated rings. The Labute approximate surface area is 163 Å². The van der Waals surface area contributed by atoms with Crippen molar-refractivity contribution in [2.24, 2.45) is 0 Å². The molecule has 1 heterocycles. The quantitative estimate of drug-likeness (QED) is 0.724. The summed E-state index contributed by atoms with van der Waals surface area (Å²) in [5, 5.41) is 8.53. The van der Waals surface area contributed by atoms with Crippen LogP contribution >= 0.6 is 11.6 Å². The molecule has 0 unspecified atom stereocenters. The fourth-order valence-electron chi connectivity index (χ4n) is 2.98. The van der Waals surface area contributed by atoms with Crippen molar-refractivity contribution in [3.05, 3.63) is 53.6 Å². The zero-order valence-electron chi connectivity index (χ0n) is 15.0. The van der Waals surface area contributed by atoms with Crippen LogP contribution in [0.4, 0.5) is 21.9 Å². The maximum absolute atomic E-state index is 12.0. The molecule has 0 atom stereocenters. The second kappa shape index (κ2) is 9.28. The van der Waals surface area contributed by atoms with Crippen molar-refractivity contribution >= 4 is 40.6 Å². The largest absolute Gasteiger partial charge is 0.372 e. The minimum absolute atomic E-state index is 0.118. The van der Waals surface area contributed by atoms with Gasteiger partial charge in [0.15, 0.2) is 0 Å². The number of anilines is 3. The summed E-state index contributed by atoms with van der Waals surface area (Å²) in [4.78, 5) is 26.2. The van der Waals surface area contributed by atoms with E-state index < -0.39 is 6.03 Å². The van der Waals surface area contributed by atoms with Gasteiger partial charge in [-0.3, -0.25) is 4.79 Å². The number of benzene rings is 2. The smallest absolute Gasteiger partial charge is 0.319 e. The lowest BCUT2D eigenvalue weighted by Gasteiger charge is -2.28. The molecule has 0 saturated carbocycles. The van der Waals surface area contributed by atoms with E-state index in [4.69, 9.17) is 11.6 Å². The van der Waals surface area contributed by atoms with E-state index in [1.54, 1.807) is 24.3 Å². The van der Waals surface area contributed by atoms with Crippen molar-refractivity contribution in [1.29, 1.82) is 0 Å². The lowest BCUT2D eigenvalue weighted by atomic mass is 10.1. The number of nitrogens with one attached hydrogen (secondary N) is 3. The van der Waals surface area contributed by atoms with E-state index in [0.717, 1.165) is 13.1 Å². The number of nitrogens with zero attached hydrogens (tertiary/aromatic N) is 1. The Morgan fingerprint density at radius 2 is 1.44 bits per heavy atom. The molecule has 142 valence electrons. The van der Waals surface area contributed by atoms with Gasteiger partial charge in [0.2, 0.25) is 5.91 Å². The van der Waals surface area contributed by atoms with E-state index in [9.17, 15) is 9.59 Å². The first-order valence-corrected chi connectivity index (χ1v) is 9.43. The molecular weight excluding hydrogens is 364 g/mol. The number of amides is 3. The van der Waals surface area contributed by atoms with Gasteiger partial charge in [-0.15, -0.1) is 0 Å². The molecule has 0 bridgehead atoms. The average molecular weight is 387 g/mol. The van der Waals surface area contributed by atoms with Gasteiger partial charge in [-0.1, -0.05) is 11.6 Å². The van der Waals surface area contributed by atoms with E-state index in [0.29, 0.717) is 16.4 Å². The molecule has 3 amide bonds. The number of carbonyl (C=O) groups is 2. The SMILES string of the molecule is O=C(CNC(=O)Nc1ccc(Cl)cc1)Nc1ccc(N2CCCCC2)cc1. The number of carbonyl (C=O) groups excluding carboxylic acids is 2. The van der Waals surface area contributed by atoms with Crippen LogP contribution in [-0.2, 0) is 4.79 Å². The van der Waals surface area contributed by atoms with Crippen LogP contribution in [0.2, 0.25) is 5.02 Å². The summed E-state index contributed by atoms with van der Waals surface area (Å²) in [6.07, 6.45) is 3.74. The van der Waals surface area contributed by atoms with Crippen LogP contribution in [0.25, 0.3) is 0 Å². The molecule has 2 aromatic rings. The molecule has 2 aromatic carbocycles. The Bertz CT molecular complexity index is 772. The molecule has 6 nitrogen and oxygen atoms in total. The highest BCUT2D eigenvalue weighted by molar-refractivity contribution is 6.30. The molecule has 27 heavy (non-hydrogen) atoms. The first-order valence-electron chi connectivity index (χ1n) is 9.05. The van der Waals surface area contributed by atoms with Crippen LogP contribution in [0.15, 0.2) is 48.5 Å². The van der Waals surface area contributed by atoms with Crippen molar-refractivity contribution in [2.75, 3.05) is 35.2 Å². The minimum Gasteiger partial charge on any atom is -0.372 e. The molecule has 3 rings (SSSR count). The summed E-state index contributed by atoms with van der Waals surface area (Å²) in [6, 6.07) is 14.1. The topological polar surface area (TPSA) is 73.5 Å². The fourth-order valence-corrected chi connectivity index (χ4v) is 3.11. The standard InChI is InChI=1S/C20H23ClN4O2/c21-15-4-6-17(7-5-15)24-20(27)22-14-19(26)23-16-8-10-18(11-9-16)25-12-2-1-3-13-25/h4-11H,1-3,12-14H2,(H,23,26)(H2,22,24,27). The Morgan fingerprint density at radius 3 is 2.11 bits per heavy atom. The predicted molar refractivity (Wildman–Crippen MR) is 110 cm³/mol. The summed E-state index contributed by atoms with van der Waals surface area (Å²) >= 11 is 5.80. The maximum atomic E-state index is 12.0. The van der Waals surface area contributed by atoms with Gasteiger partial charge in [0.25, 0.3) is 0 Å². The van der Waals surface area contributed by atoms with Crippen LogP contribution in [0, 0.1) is 0 Å². The highest BCUT2D eigenvalue weighted by Crippen LogP contribution is 2.21. The fraction of sp³-hybridized carbons (Fsp3) is 0.300. The monoisotopic (exact) mass is 386 g/mol. The molecule has 1 aliphatic rings. The van der Waals surface area contributed by atoms with Gasteiger partial charge in [0.05, 0.1) is 6.54 Å². The molecule has 1 aliphatic heterocycles. The number of hydrogen-bond acceptors (Lipinski definition) is 3. The molecule has 1 saturated heterocycles. The minimum atomic E-state index is -0.451. The lowest BCUT2D eigenvalue weighted by Crippen LogP contribution is -2.35. The van der Waals surface area contributed by atoms with Crippen LogP contribution in [0.3, 0.4) is 0 Å². The Hall–Kier alpha value is -2.73. The van der Waals surface area contributed by atoms with Gasteiger partial charge in [0.1, 0.15) is 0 Å². The Kier molecular flexibility index (Phi) is 6.54. The third-order valence-electron chi connectivity index (χ3n) is 4.38. The summed E-state index contributed by atoms with van der Waals surface area (Å²) in [7, 11) is 0. The molecule has 7 heteroatoms. The van der Waals surface area contributed by atoms with Crippen molar-refractivity contribution in [2.45, 2.75) is 19.3 Å². The van der Waals surface area contributed by atoms with E-state index >= 15 is 0 Å². The van der Waals surface area contributed by atoms with Crippen LogP contribution in [0.5, 0.6) is 0 Å². The maximum Gasteiger partial charge on any atom is 0.319 e. The highest BCUT2D eigenvalue weighted by Gasteiger charge is 2.11. The highest BCUT2D eigenvalue weighted by atomic mass is 35.5. The second-order valence-electron chi connectivity index (χ2n) is 6.46. The molecule has 0 aromatic heterocycles. The normalized spacial score (nSPS) is 13.7. The lowest BCUT2D eigenvalue weighted by molar-refractivity contribution is -0.115. The van der Waals surface area contributed by atoms with Gasteiger partial charge in [-0.05, 0) is 67.8 Å². The summed E-state index contributed by atoms with van der Waals surface area (Å²) in [5.74, 6) is -0.285. The summed E-state index contributed by atoms with van der Waals surface area (Å²) < 4.78 is 0. The molecule has 3 N–H and O–H groups in total. The van der Waals surface area contributed by atoms with Gasteiger partial charge >= 0.3 is 6.03 Å². The van der Waals surface area contributed by atoms with E-state index in [1.807, 2.05) is 24.3 Å². The number of urea groups is 1. The Balaban J connectivity index is 1.43. The van der Waals surface area contributed by atoms with Crippen molar-refractivity contribution in [1.82, 2.24) is 5.32 Å². The van der Waals surface area contributed by atoms with Crippen molar-refractivity contribution < 1.29 is 9.59 Å². The van der Waals surface area contributed by atoms with E-state index in [2.05, 4.69) is 20.9 Å². The third kappa shape index (κ3) is 5.89. The first-order chi connectivity index (χ1) is 13.1.